The lowest BCUT2D eigenvalue weighted by Gasteiger charge is -2.22. The smallest absolute Gasteiger partial charge is 0.335 e. The summed E-state index contributed by atoms with van der Waals surface area (Å²) in [4.78, 5) is 15.3. The van der Waals surface area contributed by atoms with Gasteiger partial charge in [0.15, 0.2) is 0 Å². The van der Waals surface area contributed by atoms with Crippen LogP contribution in [0.15, 0.2) is 36.7 Å². The van der Waals surface area contributed by atoms with Crippen molar-refractivity contribution in [1.82, 2.24) is 4.98 Å². The number of carboxylic acids is 1. The summed E-state index contributed by atoms with van der Waals surface area (Å²) in [5.41, 5.74) is 2.79. The summed E-state index contributed by atoms with van der Waals surface area (Å²) in [5, 5.41) is 18.5. The van der Waals surface area contributed by atoms with Gasteiger partial charge in [0.25, 0.3) is 0 Å². The first-order chi connectivity index (χ1) is 9.84. The first-order valence-corrected chi connectivity index (χ1v) is 6.57. The molecule has 0 radical (unpaired) electrons. The van der Waals surface area contributed by atoms with Crippen LogP contribution >= 0.6 is 0 Å². The number of benzene rings is 1. The van der Waals surface area contributed by atoms with Crippen LogP contribution in [0.2, 0.25) is 0 Å². The van der Waals surface area contributed by atoms with E-state index in [1.165, 1.54) is 6.20 Å². The van der Waals surface area contributed by atoms with Gasteiger partial charge in [-0.1, -0.05) is 26.8 Å². The van der Waals surface area contributed by atoms with Crippen molar-refractivity contribution in [2.24, 2.45) is 0 Å². The monoisotopic (exact) mass is 280 g/mol. The first-order valence-electron chi connectivity index (χ1n) is 6.57. The maximum Gasteiger partial charge on any atom is 0.335 e. The molecule has 2 aromatic rings. The number of nitriles is 1. The van der Waals surface area contributed by atoms with Gasteiger partial charge in [-0.25, -0.2) is 4.79 Å². The van der Waals surface area contributed by atoms with E-state index in [0.717, 1.165) is 16.7 Å². The van der Waals surface area contributed by atoms with E-state index in [-0.39, 0.29) is 5.41 Å². The standard InChI is InChI=1S/C17H16N2O2/c1-17(2,3)15-8-11(4-5-14(15)16(20)21)13-6-7-19-10-12(13)9-18/h4-8,10H,1-3H3,(H,20,21). The summed E-state index contributed by atoms with van der Waals surface area (Å²) in [6.45, 7) is 5.91. The van der Waals surface area contributed by atoms with Gasteiger partial charge in [-0.2, -0.15) is 5.26 Å². The second-order valence-corrected chi connectivity index (χ2v) is 5.85. The third-order valence-electron chi connectivity index (χ3n) is 3.31. The van der Waals surface area contributed by atoms with Crippen LogP contribution in [0.5, 0.6) is 0 Å². The highest BCUT2D eigenvalue weighted by Crippen LogP contribution is 2.31. The fourth-order valence-corrected chi connectivity index (χ4v) is 2.25. The normalized spacial score (nSPS) is 11.0. The molecule has 0 aliphatic rings. The number of pyridine rings is 1. The van der Waals surface area contributed by atoms with E-state index < -0.39 is 5.97 Å². The Balaban J connectivity index is 2.69. The maximum atomic E-state index is 11.4. The fraction of sp³-hybridized carbons (Fsp3) is 0.235. The number of hydrogen-bond donors (Lipinski definition) is 1. The topological polar surface area (TPSA) is 74.0 Å². The van der Waals surface area contributed by atoms with Crippen LogP contribution < -0.4 is 0 Å². The van der Waals surface area contributed by atoms with E-state index in [0.29, 0.717) is 11.1 Å². The van der Waals surface area contributed by atoms with Crippen LogP contribution in [0.4, 0.5) is 0 Å². The molecular weight excluding hydrogens is 264 g/mol. The van der Waals surface area contributed by atoms with Crippen LogP contribution in [-0.4, -0.2) is 16.1 Å². The summed E-state index contributed by atoms with van der Waals surface area (Å²) >= 11 is 0. The molecule has 4 nitrogen and oxygen atoms in total. The molecule has 0 fully saturated rings. The summed E-state index contributed by atoms with van der Waals surface area (Å²) in [7, 11) is 0. The Morgan fingerprint density at radius 3 is 2.57 bits per heavy atom. The molecule has 2 rings (SSSR count). The van der Waals surface area contributed by atoms with Crippen molar-refractivity contribution in [2.45, 2.75) is 26.2 Å². The average Bonchev–Trinajstić information content (AvgIpc) is 2.45. The van der Waals surface area contributed by atoms with Gasteiger partial charge in [-0.3, -0.25) is 4.98 Å². The summed E-state index contributed by atoms with van der Waals surface area (Å²) in [5.74, 6) is -0.943. The maximum absolute atomic E-state index is 11.4. The molecule has 4 heteroatoms. The number of rotatable bonds is 2. The highest BCUT2D eigenvalue weighted by Gasteiger charge is 2.22. The van der Waals surface area contributed by atoms with Gasteiger partial charge in [0, 0.05) is 18.0 Å². The number of aromatic carboxylic acids is 1. The zero-order valence-electron chi connectivity index (χ0n) is 12.2. The zero-order valence-corrected chi connectivity index (χ0v) is 12.2. The molecule has 1 aromatic heterocycles. The van der Waals surface area contributed by atoms with E-state index in [9.17, 15) is 9.90 Å². The lowest BCUT2D eigenvalue weighted by Crippen LogP contribution is -2.17. The number of hydrogen-bond acceptors (Lipinski definition) is 3. The molecule has 1 heterocycles. The molecule has 0 amide bonds. The van der Waals surface area contributed by atoms with E-state index in [4.69, 9.17) is 5.26 Å². The molecule has 1 aromatic carbocycles. The predicted molar refractivity (Wildman–Crippen MR) is 80.0 cm³/mol. The van der Waals surface area contributed by atoms with Crippen molar-refractivity contribution >= 4 is 5.97 Å². The number of nitrogens with zero attached hydrogens (tertiary/aromatic N) is 2. The Kier molecular flexibility index (Phi) is 3.77. The fourth-order valence-electron chi connectivity index (χ4n) is 2.25. The quantitative estimate of drug-likeness (QED) is 0.911. The molecule has 0 aliphatic heterocycles. The summed E-state index contributed by atoms with van der Waals surface area (Å²) in [6.07, 6.45) is 3.13. The molecule has 0 spiro atoms. The summed E-state index contributed by atoms with van der Waals surface area (Å²) < 4.78 is 0. The molecular formula is C17H16N2O2. The van der Waals surface area contributed by atoms with Crippen LogP contribution in [0, 0.1) is 11.3 Å². The van der Waals surface area contributed by atoms with E-state index in [1.807, 2.05) is 26.8 Å². The Bertz CT molecular complexity index is 737. The lowest BCUT2D eigenvalue weighted by atomic mass is 9.82. The van der Waals surface area contributed by atoms with Gasteiger partial charge in [-0.05, 0) is 34.7 Å². The van der Waals surface area contributed by atoms with Gasteiger partial charge in [0.2, 0.25) is 0 Å². The zero-order chi connectivity index (χ0) is 15.6. The highest BCUT2D eigenvalue weighted by molar-refractivity contribution is 5.91. The van der Waals surface area contributed by atoms with Crippen LogP contribution in [-0.2, 0) is 5.41 Å². The van der Waals surface area contributed by atoms with E-state index in [2.05, 4.69) is 11.1 Å². The number of aromatic nitrogens is 1. The van der Waals surface area contributed by atoms with Gasteiger partial charge in [-0.15, -0.1) is 0 Å². The number of carboxylic acid groups (broad SMARTS) is 1. The Hall–Kier alpha value is -2.67. The minimum atomic E-state index is -0.943. The van der Waals surface area contributed by atoms with Crippen molar-refractivity contribution in [1.29, 1.82) is 5.26 Å². The van der Waals surface area contributed by atoms with Crippen LogP contribution in [0.1, 0.15) is 42.3 Å². The molecule has 106 valence electrons. The van der Waals surface area contributed by atoms with Gasteiger partial charge in [0.05, 0.1) is 11.1 Å². The lowest BCUT2D eigenvalue weighted by molar-refractivity contribution is 0.0694. The number of carbonyl (C=O) groups is 1. The largest absolute Gasteiger partial charge is 0.478 e. The predicted octanol–water partition coefficient (Wildman–Crippen LogP) is 3.62. The SMILES string of the molecule is CC(C)(C)c1cc(-c2ccncc2C#N)ccc1C(=O)O. The average molecular weight is 280 g/mol. The molecule has 21 heavy (non-hydrogen) atoms. The minimum absolute atomic E-state index is 0.291. The Morgan fingerprint density at radius 2 is 2.00 bits per heavy atom. The van der Waals surface area contributed by atoms with E-state index >= 15 is 0 Å². The second-order valence-electron chi connectivity index (χ2n) is 5.85. The van der Waals surface area contributed by atoms with E-state index in [1.54, 1.807) is 24.4 Å². The van der Waals surface area contributed by atoms with Crippen molar-refractivity contribution in [3.05, 3.63) is 53.3 Å². The molecule has 0 saturated carbocycles. The van der Waals surface area contributed by atoms with Gasteiger partial charge >= 0.3 is 5.97 Å². The molecule has 1 N–H and O–H groups in total. The molecule has 0 aliphatic carbocycles. The van der Waals surface area contributed by atoms with Crippen LogP contribution in [0.3, 0.4) is 0 Å². The molecule has 0 bridgehead atoms. The van der Waals surface area contributed by atoms with Crippen molar-refractivity contribution in [3.8, 4) is 17.2 Å². The van der Waals surface area contributed by atoms with Crippen molar-refractivity contribution in [2.75, 3.05) is 0 Å². The molecule has 0 atom stereocenters. The minimum Gasteiger partial charge on any atom is -0.478 e. The highest BCUT2D eigenvalue weighted by atomic mass is 16.4. The Labute approximate surface area is 123 Å². The van der Waals surface area contributed by atoms with Gasteiger partial charge < -0.3 is 5.11 Å². The summed E-state index contributed by atoms with van der Waals surface area (Å²) in [6, 6.07) is 9.05. The van der Waals surface area contributed by atoms with Crippen LogP contribution in [0.25, 0.3) is 11.1 Å². The van der Waals surface area contributed by atoms with Crippen molar-refractivity contribution in [3.63, 3.8) is 0 Å². The third kappa shape index (κ3) is 2.92. The first kappa shape index (κ1) is 14.7. The molecule has 0 unspecified atom stereocenters. The van der Waals surface area contributed by atoms with Gasteiger partial charge in [0.1, 0.15) is 6.07 Å². The second kappa shape index (κ2) is 5.37. The molecule has 0 saturated heterocycles. The third-order valence-corrected chi connectivity index (χ3v) is 3.31. The Morgan fingerprint density at radius 1 is 1.29 bits per heavy atom. The van der Waals surface area contributed by atoms with Crippen molar-refractivity contribution < 1.29 is 9.90 Å².